The third-order valence-corrected chi connectivity index (χ3v) is 6.30. The molecular formula is C25H26N6O. The van der Waals surface area contributed by atoms with Gasteiger partial charge in [-0.1, -0.05) is 12.1 Å². The zero-order valence-electron chi connectivity index (χ0n) is 18.0. The van der Waals surface area contributed by atoms with Crippen LogP contribution in [-0.4, -0.2) is 46.3 Å². The van der Waals surface area contributed by atoms with E-state index in [1.165, 1.54) is 24.7 Å². The van der Waals surface area contributed by atoms with Crippen molar-refractivity contribution in [1.82, 2.24) is 25.2 Å². The third-order valence-electron chi connectivity index (χ3n) is 6.30. The lowest BCUT2D eigenvalue weighted by Crippen LogP contribution is -2.29. The van der Waals surface area contributed by atoms with Gasteiger partial charge in [0.15, 0.2) is 0 Å². The number of anilines is 2. The number of aromatic nitrogens is 3. The van der Waals surface area contributed by atoms with E-state index in [1.807, 2.05) is 12.1 Å². The Morgan fingerprint density at radius 3 is 2.59 bits per heavy atom. The van der Waals surface area contributed by atoms with Gasteiger partial charge in [-0.05, 0) is 80.5 Å². The van der Waals surface area contributed by atoms with Crippen LogP contribution in [0.15, 0.2) is 55.3 Å². The highest BCUT2D eigenvalue weighted by atomic mass is 16.1. The minimum absolute atomic E-state index is 0.454. The first kappa shape index (κ1) is 20.3. The Morgan fingerprint density at radius 2 is 1.88 bits per heavy atom. The second-order valence-corrected chi connectivity index (χ2v) is 8.42. The summed E-state index contributed by atoms with van der Waals surface area (Å²) in [6.07, 6.45) is 12.0. The largest absolute Gasteiger partial charge is 0.378 e. The van der Waals surface area contributed by atoms with Crippen molar-refractivity contribution in [2.24, 2.45) is 0 Å². The van der Waals surface area contributed by atoms with Gasteiger partial charge in [0, 0.05) is 29.2 Å². The quantitative estimate of drug-likeness (QED) is 0.599. The summed E-state index contributed by atoms with van der Waals surface area (Å²) >= 11 is 0. The Balaban J connectivity index is 1.47. The number of rotatable bonds is 5. The number of pyridine rings is 1. The molecule has 1 saturated heterocycles. The molecule has 5 rings (SSSR count). The summed E-state index contributed by atoms with van der Waals surface area (Å²) in [5, 5.41) is 6.56. The van der Waals surface area contributed by atoms with E-state index < -0.39 is 6.04 Å². The number of nitrogens with zero attached hydrogens (tertiary/aromatic N) is 4. The van der Waals surface area contributed by atoms with Crippen molar-refractivity contribution in [2.45, 2.75) is 24.8 Å². The number of piperidine rings is 1. The highest BCUT2D eigenvalue weighted by molar-refractivity contribution is 5.79. The fraction of sp³-hybridized carbons (Fsp3) is 0.280. The molecule has 162 valence electrons. The number of fused-ring (bicyclic) bond motifs is 1. The van der Waals surface area contributed by atoms with Gasteiger partial charge >= 0.3 is 0 Å². The van der Waals surface area contributed by atoms with Crippen LogP contribution in [0.2, 0.25) is 0 Å². The monoisotopic (exact) mass is 426 g/mol. The maximum absolute atomic E-state index is 11.7. The molecule has 7 nitrogen and oxygen atoms in total. The molecule has 4 heterocycles. The van der Waals surface area contributed by atoms with Crippen LogP contribution >= 0.6 is 0 Å². The topological polar surface area (TPSA) is 83.0 Å². The van der Waals surface area contributed by atoms with Gasteiger partial charge in [0.25, 0.3) is 0 Å². The smallest absolute Gasteiger partial charge is 0.146 e. The van der Waals surface area contributed by atoms with E-state index in [2.05, 4.69) is 56.8 Å². The molecule has 2 aromatic heterocycles. The second kappa shape index (κ2) is 8.88. The van der Waals surface area contributed by atoms with Crippen molar-refractivity contribution >= 4 is 23.9 Å². The minimum Gasteiger partial charge on any atom is -0.378 e. The number of hydrogen-bond acceptors (Lipinski definition) is 7. The standard InChI is InChI=1S/C25H26N6O/c1-31-10-7-18(8-11-31)17-2-4-21(5-3-17)29-25-24-19(6-9-28-23(24)15-32)12-22(30-25)20-13-26-16-27-14-20/h2-6,9,12-16,18,23,28H,7-8,10-11H2,1H3,(H,29,30). The lowest BCUT2D eigenvalue weighted by atomic mass is 9.89. The Labute approximate surface area is 187 Å². The molecule has 0 saturated carbocycles. The highest BCUT2D eigenvalue weighted by Gasteiger charge is 2.23. The van der Waals surface area contributed by atoms with Crippen LogP contribution in [0.3, 0.4) is 0 Å². The maximum atomic E-state index is 11.7. The summed E-state index contributed by atoms with van der Waals surface area (Å²) in [5.74, 6) is 1.27. The van der Waals surface area contributed by atoms with Crippen LogP contribution in [0.1, 0.15) is 41.5 Å². The summed E-state index contributed by atoms with van der Waals surface area (Å²) in [6.45, 7) is 2.29. The predicted octanol–water partition coefficient (Wildman–Crippen LogP) is 3.91. The van der Waals surface area contributed by atoms with Gasteiger partial charge in [-0.2, -0.15) is 0 Å². The van der Waals surface area contributed by atoms with Crippen molar-refractivity contribution < 1.29 is 4.79 Å². The molecule has 0 radical (unpaired) electrons. The molecule has 1 aromatic carbocycles. The van der Waals surface area contributed by atoms with Crippen LogP contribution in [0.25, 0.3) is 17.3 Å². The molecule has 7 heteroatoms. The van der Waals surface area contributed by atoms with Crippen LogP contribution in [0.4, 0.5) is 11.5 Å². The predicted molar refractivity (Wildman–Crippen MR) is 125 cm³/mol. The number of hydrogen-bond donors (Lipinski definition) is 2. The van der Waals surface area contributed by atoms with Crippen molar-refractivity contribution in [2.75, 3.05) is 25.5 Å². The number of nitrogens with one attached hydrogen (secondary N) is 2. The SMILES string of the molecule is CN1CCC(c2ccc(Nc3nc(-c4cncnc4)cc4c3C(C=O)NC=C4)cc2)CC1. The molecule has 1 atom stereocenters. The first-order valence-electron chi connectivity index (χ1n) is 10.9. The fourth-order valence-corrected chi connectivity index (χ4v) is 4.46. The Hall–Kier alpha value is -3.58. The molecule has 32 heavy (non-hydrogen) atoms. The maximum Gasteiger partial charge on any atom is 0.146 e. The molecule has 0 bridgehead atoms. The van der Waals surface area contributed by atoms with E-state index in [4.69, 9.17) is 4.98 Å². The van der Waals surface area contributed by atoms with Gasteiger partial charge in [-0.3, -0.25) is 0 Å². The van der Waals surface area contributed by atoms with Crippen molar-refractivity contribution in [3.8, 4) is 11.3 Å². The molecular weight excluding hydrogens is 400 g/mol. The summed E-state index contributed by atoms with van der Waals surface area (Å²) in [4.78, 5) is 27.2. The molecule has 1 unspecified atom stereocenters. The zero-order chi connectivity index (χ0) is 21.9. The van der Waals surface area contributed by atoms with Crippen molar-refractivity contribution in [3.05, 3.63) is 71.9 Å². The average Bonchev–Trinajstić information content (AvgIpc) is 2.85. The average molecular weight is 427 g/mol. The van der Waals surface area contributed by atoms with Crippen LogP contribution in [0, 0.1) is 0 Å². The van der Waals surface area contributed by atoms with Gasteiger partial charge in [0.1, 0.15) is 24.5 Å². The molecule has 1 fully saturated rings. The van der Waals surface area contributed by atoms with E-state index >= 15 is 0 Å². The highest BCUT2D eigenvalue weighted by Crippen LogP contribution is 2.34. The summed E-state index contributed by atoms with van der Waals surface area (Å²) in [5.41, 5.74) is 5.68. The third kappa shape index (κ3) is 4.11. The van der Waals surface area contributed by atoms with Crippen molar-refractivity contribution in [1.29, 1.82) is 0 Å². The number of benzene rings is 1. The van der Waals surface area contributed by atoms with Gasteiger partial charge in [-0.15, -0.1) is 0 Å². The number of carbonyl (C=O) groups is 1. The van der Waals surface area contributed by atoms with Crippen LogP contribution in [0.5, 0.6) is 0 Å². The molecule has 2 N–H and O–H groups in total. The van der Waals surface area contributed by atoms with Gasteiger partial charge in [0.2, 0.25) is 0 Å². The van der Waals surface area contributed by atoms with Gasteiger partial charge < -0.3 is 20.3 Å². The first-order valence-corrected chi connectivity index (χ1v) is 10.9. The molecule has 3 aromatic rings. The Bertz CT molecular complexity index is 1120. The number of likely N-dealkylation sites (tertiary alicyclic amines) is 1. The normalized spacial score (nSPS) is 18.6. The Morgan fingerprint density at radius 1 is 1.12 bits per heavy atom. The molecule has 0 amide bonds. The first-order chi connectivity index (χ1) is 15.7. The van der Waals surface area contributed by atoms with E-state index in [0.29, 0.717) is 11.7 Å². The van der Waals surface area contributed by atoms with E-state index in [9.17, 15) is 4.79 Å². The minimum atomic E-state index is -0.454. The molecule has 2 aliphatic rings. The van der Waals surface area contributed by atoms with E-state index in [-0.39, 0.29) is 0 Å². The van der Waals surface area contributed by atoms with E-state index in [0.717, 1.165) is 47.4 Å². The van der Waals surface area contributed by atoms with Crippen molar-refractivity contribution in [3.63, 3.8) is 0 Å². The molecule has 0 aliphatic carbocycles. The second-order valence-electron chi connectivity index (χ2n) is 8.42. The van der Waals surface area contributed by atoms with Crippen LogP contribution < -0.4 is 10.6 Å². The molecule has 0 spiro atoms. The zero-order valence-corrected chi connectivity index (χ0v) is 18.0. The summed E-state index contributed by atoms with van der Waals surface area (Å²) in [7, 11) is 2.18. The van der Waals surface area contributed by atoms with E-state index in [1.54, 1.807) is 18.6 Å². The molecule has 2 aliphatic heterocycles. The van der Waals surface area contributed by atoms with Gasteiger partial charge in [0.05, 0.1) is 5.69 Å². The Kier molecular flexibility index (Phi) is 5.64. The lowest BCUT2D eigenvalue weighted by Gasteiger charge is -2.29. The number of carbonyl (C=O) groups excluding carboxylic acids is 1. The van der Waals surface area contributed by atoms with Gasteiger partial charge in [-0.25, -0.2) is 15.0 Å². The summed E-state index contributed by atoms with van der Waals surface area (Å²) < 4.78 is 0. The van der Waals surface area contributed by atoms with Crippen LogP contribution in [-0.2, 0) is 4.79 Å². The number of aldehydes is 1. The lowest BCUT2D eigenvalue weighted by molar-refractivity contribution is -0.109. The fourth-order valence-electron chi connectivity index (χ4n) is 4.46. The summed E-state index contributed by atoms with van der Waals surface area (Å²) in [6, 6.07) is 10.1.